The van der Waals surface area contributed by atoms with Gasteiger partial charge >= 0.3 is 0 Å². The zero-order valence-corrected chi connectivity index (χ0v) is 13.9. The first kappa shape index (κ1) is 16.9. The highest BCUT2D eigenvalue weighted by molar-refractivity contribution is 5.89. The summed E-state index contributed by atoms with van der Waals surface area (Å²) in [6, 6.07) is 9.81. The molecule has 2 aromatic rings. The Balaban J connectivity index is 1.41. The summed E-state index contributed by atoms with van der Waals surface area (Å²) in [6.07, 6.45) is 5.10. The molecule has 0 radical (unpaired) electrons. The van der Waals surface area contributed by atoms with Gasteiger partial charge in [-0.05, 0) is 5.56 Å². The Hall–Kier alpha value is -2.96. The van der Waals surface area contributed by atoms with Gasteiger partial charge in [-0.15, -0.1) is 0 Å². The van der Waals surface area contributed by atoms with Crippen LogP contribution in [0, 0.1) is 5.92 Å². The molecule has 1 aromatic heterocycles. The average Bonchev–Trinajstić information content (AvgIpc) is 3.01. The van der Waals surface area contributed by atoms with Crippen molar-refractivity contribution in [1.29, 1.82) is 0 Å². The third-order valence-electron chi connectivity index (χ3n) is 4.10. The Morgan fingerprint density at radius 2 is 2.04 bits per heavy atom. The molecule has 2 heterocycles. The molecule has 25 heavy (non-hydrogen) atoms. The molecule has 1 unspecified atom stereocenters. The second kappa shape index (κ2) is 8.23. The molecule has 0 aliphatic carbocycles. The number of carbonyl (C=O) groups is 2. The van der Waals surface area contributed by atoms with Gasteiger partial charge in [-0.3, -0.25) is 14.6 Å². The number of hydrogen-bond donors (Lipinski definition) is 2. The smallest absolute Gasteiger partial charge is 0.225 e. The summed E-state index contributed by atoms with van der Waals surface area (Å²) in [4.78, 5) is 34.2. The standard InChI is InChI=1S/C18H21N5O2/c24-17-10-15(13-23(17)12-14-4-2-1-3-5-14)18(25)22-9-8-21-16-11-19-6-7-20-16/h1-7,11,15H,8-10,12-13H2,(H,20,21)(H,22,25). The molecule has 2 amide bonds. The lowest BCUT2D eigenvalue weighted by molar-refractivity contribution is -0.129. The number of benzene rings is 1. The van der Waals surface area contributed by atoms with Gasteiger partial charge in [0.25, 0.3) is 0 Å². The van der Waals surface area contributed by atoms with E-state index in [1.165, 1.54) is 0 Å². The van der Waals surface area contributed by atoms with Crippen LogP contribution in [-0.4, -0.2) is 46.3 Å². The van der Waals surface area contributed by atoms with Crippen molar-refractivity contribution in [3.05, 3.63) is 54.5 Å². The van der Waals surface area contributed by atoms with Gasteiger partial charge in [0.1, 0.15) is 5.82 Å². The van der Waals surface area contributed by atoms with Gasteiger partial charge in [0.2, 0.25) is 11.8 Å². The van der Waals surface area contributed by atoms with Crippen molar-refractivity contribution in [2.75, 3.05) is 25.0 Å². The lowest BCUT2D eigenvalue weighted by Crippen LogP contribution is -2.35. The number of carbonyl (C=O) groups excluding carboxylic acids is 2. The van der Waals surface area contributed by atoms with Gasteiger partial charge < -0.3 is 15.5 Å². The van der Waals surface area contributed by atoms with Crippen molar-refractivity contribution in [2.24, 2.45) is 5.92 Å². The third-order valence-corrected chi connectivity index (χ3v) is 4.10. The Bertz CT molecular complexity index is 708. The van der Waals surface area contributed by atoms with Crippen molar-refractivity contribution in [3.8, 4) is 0 Å². The predicted molar refractivity (Wildman–Crippen MR) is 93.5 cm³/mol. The van der Waals surface area contributed by atoms with Crippen LogP contribution in [-0.2, 0) is 16.1 Å². The number of nitrogens with one attached hydrogen (secondary N) is 2. The van der Waals surface area contributed by atoms with E-state index in [0.29, 0.717) is 32.0 Å². The highest BCUT2D eigenvalue weighted by Gasteiger charge is 2.33. The van der Waals surface area contributed by atoms with Gasteiger partial charge in [0.05, 0.1) is 12.1 Å². The van der Waals surface area contributed by atoms with Crippen LogP contribution in [0.3, 0.4) is 0 Å². The fourth-order valence-electron chi connectivity index (χ4n) is 2.82. The van der Waals surface area contributed by atoms with Gasteiger partial charge in [-0.25, -0.2) is 4.98 Å². The predicted octanol–water partition coefficient (Wildman–Crippen LogP) is 1.05. The molecular formula is C18H21N5O2. The maximum Gasteiger partial charge on any atom is 0.225 e. The summed E-state index contributed by atoms with van der Waals surface area (Å²) in [5.74, 6) is 0.334. The van der Waals surface area contributed by atoms with Crippen molar-refractivity contribution in [2.45, 2.75) is 13.0 Å². The first-order valence-electron chi connectivity index (χ1n) is 8.31. The van der Waals surface area contributed by atoms with E-state index in [9.17, 15) is 9.59 Å². The molecule has 0 saturated carbocycles. The maximum atomic E-state index is 12.3. The third kappa shape index (κ3) is 4.76. The number of amides is 2. The summed E-state index contributed by atoms with van der Waals surface area (Å²) in [7, 11) is 0. The van der Waals surface area contributed by atoms with Crippen LogP contribution in [0.2, 0.25) is 0 Å². The Kier molecular flexibility index (Phi) is 5.56. The van der Waals surface area contributed by atoms with Gasteiger partial charge in [-0.1, -0.05) is 30.3 Å². The van der Waals surface area contributed by atoms with Crippen LogP contribution >= 0.6 is 0 Å². The van der Waals surface area contributed by atoms with Crippen molar-refractivity contribution in [3.63, 3.8) is 0 Å². The molecule has 1 atom stereocenters. The molecule has 1 aromatic carbocycles. The molecular weight excluding hydrogens is 318 g/mol. The topological polar surface area (TPSA) is 87.2 Å². The number of aromatic nitrogens is 2. The fraction of sp³-hybridized carbons (Fsp3) is 0.333. The summed E-state index contributed by atoms with van der Waals surface area (Å²) >= 11 is 0. The molecule has 2 N–H and O–H groups in total. The summed E-state index contributed by atoms with van der Waals surface area (Å²) in [5, 5.41) is 5.95. The minimum absolute atomic E-state index is 0.0293. The van der Waals surface area contributed by atoms with E-state index in [-0.39, 0.29) is 24.2 Å². The molecule has 0 spiro atoms. The maximum absolute atomic E-state index is 12.3. The number of likely N-dealkylation sites (tertiary alicyclic amines) is 1. The molecule has 0 bridgehead atoms. The van der Waals surface area contributed by atoms with E-state index in [0.717, 1.165) is 5.56 Å². The summed E-state index contributed by atoms with van der Waals surface area (Å²) in [5.41, 5.74) is 1.07. The molecule has 1 aliphatic rings. The van der Waals surface area contributed by atoms with Crippen molar-refractivity contribution >= 4 is 17.6 Å². The minimum Gasteiger partial charge on any atom is -0.367 e. The van der Waals surface area contributed by atoms with Gasteiger partial charge in [-0.2, -0.15) is 0 Å². The van der Waals surface area contributed by atoms with Crippen LogP contribution in [0.25, 0.3) is 0 Å². The molecule has 7 nitrogen and oxygen atoms in total. The van der Waals surface area contributed by atoms with Crippen LogP contribution in [0.1, 0.15) is 12.0 Å². The number of rotatable bonds is 7. The van der Waals surface area contributed by atoms with E-state index in [1.54, 1.807) is 23.5 Å². The van der Waals surface area contributed by atoms with E-state index < -0.39 is 0 Å². The Morgan fingerprint density at radius 3 is 2.80 bits per heavy atom. The molecule has 7 heteroatoms. The summed E-state index contributed by atoms with van der Waals surface area (Å²) < 4.78 is 0. The van der Waals surface area contributed by atoms with E-state index in [2.05, 4.69) is 20.6 Å². The van der Waals surface area contributed by atoms with E-state index in [1.807, 2.05) is 30.3 Å². The van der Waals surface area contributed by atoms with Gasteiger partial charge in [0, 0.05) is 45.0 Å². The lowest BCUT2D eigenvalue weighted by Gasteiger charge is -2.16. The zero-order chi connectivity index (χ0) is 17.5. The van der Waals surface area contributed by atoms with E-state index in [4.69, 9.17) is 0 Å². The summed E-state index contributed by atoms with van der Waals surface area (Å²) in [6.45, 7) is 2.05. The number of anilines is 1. The molecule has 1 saturated heterocycles. The first-order chi connectivity index (χ1) is 12.2. The molecule has 1 fully saturated rings. The second-order valence-corrected chi connectivity index (χ2v) is 5.97. The second-order valence-electron chi connectivity index (χ2n) is 5.97. The van der Waals surface area contributed by atoms with Crippen molar-refractivity contribution < 1.29 is 9.59 Å². The molecule has 130 valence electrons. The largest absolute Gasteiger partial charge is 0.367 e. The quantitative estimate of drug-likeness (QED) is 0.737. The lowest BCUT2D eigenvalue weighted by atomic mass is 10.1. The van der Waals surface area contributed by atoms with Crippen LogP contribution in [0.5, 0.6) is 0 Å². The Labute approximate surface area is 146 Å². The highest BCUT2D eigenvalue weighted by Crippen LogP contribution is 2.20. The van der Waals surface area contributed by atoms with Crippen LogP contribution in [0.15, 0.2) is 48.9 Å². The number of hydrogen-bond acceptors (Lipinski definition) is 5. The zero-order valence-electron chi connectivity index (χ0n) is 13.9. The number of nitrogens with zero attached hydrogens (tertiary/aromatic N) is 3. The Morgan fingerprint density at radius 1 is 1.20 bits per heavy atom. The SMILES string of the molecule is O=C(NCCNc1cnccn1)C1CC(=O)N(Cc2ccccc2)C1. The molecule has 3 rings (SSSR count). The van der Waals surface area contributed by atoms with E-state index >= 15 is 0 Å². The highest BCUT2D eigenvalue weighted by atomic mass is 16.2. The van der Waals surface area contributed by atoms with Gasteiger partial charge in [0.15, 0.2) is 0 Å². The normalized spacial score (nSPS) is 16.7. The van der Waals surface area contributed by atoms with Crippen LogP contribution in [0.4, 0.5) is 5.82 Å². The molecule has 1 aliphatic heterocycles. The van der Waals surface area contributed by atoms with Crippen molar-refractivity contribution in [1.82, 2.24) is 20.2 Å². The monoisotopic (exact) mass is 339 g/mol. The first-order valence-corrected chi connectivity index (χ1v) is 8.31. The minimum atomic E-state index is -0.285. The fourth-order valence-corrected chi connectivity index (χ4v) is 2.82. The average molecular weight is 339 g/mol. The van der Waals surface area contributed by atoms with Crippen LogP contribution < -0.4 is 10.6 Å².